The number of rotatable bonds is 7. The number of hydrogen-bond donors (Lipinski definition) is 2. The Morgan fingerprint density at radius 3 is 2.81 bits per heavy atom. The minimum atomic E-state index is -0.672. The quantitative estimate of drug-likeness (QED) is 0.423. The summed E-state index contributed by atoms with van der Waals surface area (Å²) in [4.78, 5) is 8.72. The van der Waals surface area contributed by atoms with Gasteiger partial charge in [0.2, 0.25) is 0 Å². The lowest BCUT2D eigenvalue weighted by atomic mass is 10.00. The van der Waals surface area contributed by atoms with Gasteiger partial charge >= 0.3 is 0 Å². The number of allylic oxidation sites excluding steroid dienone is 3. The van der Waals surface area contributed by atoms with Gasteiger partial charge in [-0.25, -0.2) is 23.3 Å². The van der Waals surface area contributed by atoms with Crippen molar-refractivity contribution in [2.24, 2.45) is 4.99 Å². The molecule has 0 spiro atoms. The molecule has 3 N–H and O–H groups in total. The summed E-state index contributed by atoms with van der Waals surface area (Å²) in [5.74, 6) is -0.701. The predicted molar refractivity (Wildman–Crippen MR) is 120 cm³/mol. The average Bonchev–Trinajstić information content (AvgIpc) is 3.11. The number of aromatic nitrogens is 3. The summed E-state index contributed by atoms with van der Waals surface area (Å²) >= 11 is 0. The molecule has 0 saturated carbocycles. The van der Waals surface area contributed by atoms with Gasteiger partial charge in [0.25, 0.3) is 0 Å². The zero-order chi connectivity index (χ0) is 23.3. The standard InChI is InChI=1S/C23H23F2N7/c1-4-14(2)18(21-22(27)31-32-9-5-8-28-23(21)32)11-20(30-15(3)12-26)29-13-16-6-7-17(24)10-19(16)25/h5-11,29H,4,13H2,1-3H3,(H2,27,31)/b18-14-,20-11-,30-15+. The summed E-state index contributed by atoms with van der Waals surface area (Å²) in [5.41, 5.74) is 9.65. The number of halogens is 2. The van der Waals surface area contributed by atoms with Gasteiger partial charge in [0.15, 0.2) is 11.5 Å². The molecule has 0 radical (unpaired) electrons. The van der Waals surface area contributed by atoms with E-state index in [1.807, 2.05) is 19.9 Å². The lowest BCUT2D eigenvalue weighted by Crippen LogP contribution is -2.14. The van der Waals surface area contributed by atoms with Crippen LogP contribution in [-0.4, -0.2) is 20.3 Å². The number of anilines is 1. The van der Waals surface area contributed by atoms with Crippen LogP contribution in [0, 0.1) is 23.0 Å². The normalized spacial score (nSPS) is 13.1. The van der Waals surface area contributed by atoms with Crippen molar-refractivity contribution >= 4 is 22.7 Å². The number of nitrogens with one attached hydrogen (secondary N) is 1. The number of nitrogens with two attached hydrogens (primary N) is 1. The summed E-state index contributed by atoms with van der Waals surface area (Å²) in [6.45, 7) is 5.57. The first-order chi connectivity index (χ1) is 15.3. The van der Waals surface area contributed by atoms with Gasteiger partial charge in [0.05, 0.1) is 5.56 Å². The van der Waals surface area contributed by atoms with E-state index in [0.29, 0.717) is 22.8 Å². The molecule has 3 aromatic rings. The topological polar surface area (TPSA) is 104 Å². The third kappa shape index (κ3) is 4.98. The molecule has 32 heavy (non-hydrogen) atoms. The van der Waals surface area contributed by atoms with E-state index >= 15 is 0 Å². The first kappa shape index (κ1) is 22.6. The summed E-state index contributed by atoms with van der Waals surface area (Å²) in [6, 6.07) is 7.10. The molecular weight excluding hydrogens is 412 g/mol. The molecule has 164 valence electrons. The fraction of sp³-hybridized carbons (Fsp3) is 0.217. The van der Waals surface area contributed by atoms with Crippen LogP contribution in [0.1, 0.15) is 38.3 Å². The fourth-order valence-electron chi connectivity index (χ4n) is 3.08. The van der Waals surface area contributed by atoms with E-state index < -0.39 is 11.6 Å². The van der Waals surface area contributed by atoms with Crippen molar-refractivity contribution in [2.45, 2.75) is 33.7 Å². The van der Waals surface area contributed by atoms with Crippen molar-refractivity contribution in [1.82, 2.24) is 19.9 Å². The summed E-state index contributed by atoms with van der Waals surface area (Å²) in [6.07, 6.45) is 5.86. The van der Waals surface area contributed by atoms with Gasteiger partial charge in [0.1, 0.15) is 29.2 Å². The van der Waals surface area contributed by atoms with Crippen molar-refractivity contribution in [3.8, 4) is 6.07 Å². The molecule has 0 saturated heterocycles. The highest BCUT2D eigenvalue weighted by Crippen LogP contribution is 2.30. The number of nitrogen functional groups attached to an aromatic ring is 1. The lowest BCUT2D eigenvalue weighted by Gasteiger charge is -2.12. The average molecular weight is 435 g/mol. The molecule has 0 aliphatic heterocycles. The number of fused-ring (bicyclic) bond motifs is 1. The Hall–Kier alpha value is -4.06. The van der Waals surface area contributed by atoms with Crippen LogP contribution in [0.5, 0.6) is 0 Å². The van der Waals surface area contributed by atoms with Gasteiger partial charge in [-0.15, -0.1) is 5.10 Å². The molecule has 9 heteroatoms. The van der Waals surface area contributed by atoms with Crippen molar-refractivity contribution in [3.63, 3.8) is 0 Å². The maximum Gasteiger partial charge on any atom is 0.165 e. The highest BCUT2D eigenvalue weighted by molar-refractivity contribution is 5.97. The predicted octanol–water partition coefficient (Wildman–Crippen LogP) is 4.39. The molecule has 2 heterocycles. The maximum absolute atomic E-state index is 14.1. The first-order valence-electron chi connectivity index (χ1n) is 9.97. The Balaban J connectivity index is 2.09. The minimum Gasteiger partial charge on any atom is -0.382 e. The van der Waals surface area contributed by atoms with Crippen LogP contribution in [0.2, 0.25) is 0 Å². The van der Waals surface area contributed by atoms with Gasteiger partial charge in [0, 0.05) is 30.6 Å². The zero-order valence-electron chi connectivity index (χ0n) is 18.0. The molecule has 3 rings (SSSR count). The highest BCUT2D eigenvalue weighted by atomic mass is 19.1. The van der Waals surface area contributed by atoms with Gasteiger partial charge in [-0.2, -0.15) is 5.26 Å². The Kier molecular flexibility index (Phi) is 6.95. The van der Waals surface area contributed by atoms with Crippen LogP contribution < -0.4 is 11.1 Å². The monoisotopic (exact) mass is 435 g/mol. The second-order valence-corrected chi connectivity index (χ2v) is 7.12. The van der Waals surface area contributed by atoms with Crippen molar-refractivity contribution in [3.05, 3.63) is 76.9 Å². The van der Waals surface area contributed by atoms with E-state index in [1.165, 1.54) is 12.1 Å². The van der Waals surface area contributed by atoms with Crippen LogP contribution in [0.3, 0.4) is 0 Å². The van der Waals surface area contributed by atoms with Crippen LogP contribution in [0.15, 0.2) is 59.1 Å². The Labute approximate surface area is 184 Å². The van der Waals surface area contributed by atoms with E-state index in [0.717, 1.165) is 23.6 Å². The Morgan fingerprint density at radius 1 is 1.34 bits per heavy atom. The number of nitriles is 1. The number of nitrogens with zero attached hydrogens (tertiary/aromatic N) is 5. The number of benzene rings is 1. The van der Waals surface area contributed by atoms with Crippen LogP contribution >= 0.6 is 0 Å². The van der Waals surface area contributed by atoms with Gasteiger partial charge in [-0.1, -0.05) is 18.6 Å². The molecule has 0 bridgehead atoms. The molecule has 1 aromatic carbocycles. The summed E-state index contributed by atoms with van der Waals surface area (Å²) < 4.78 is 28.9. The van der Waals surface area contributed by atoms with Gasteiger partial charge in [-0.05, 0) is 44.1 Å². The van der Waals surface area contributed by atoms with E-state index in [-0.39, 0.29) is 17.8 Å². The van der Waals surface area contributed by atoms with Crippen molar-refractivity contribution in [2.75, 3.05) is 5.73 Å². The largest absolute Gasteiger partial charge is 0.382 e. The lowest BCUT2D eigenvalue weighted by molar-refractivity contribution is 0.567. The smallest absolute Gasteiger partial charge is 0.165 e. The minimum absolute atomic E-state index is 0.0428. The van der Waals surface area contributed by atoms with E-state index in [1.54, 1.807) is 36.0 Å². The number of aliphatic imine (C=N–C) groups is 1. The second-order valence-electron chi connectivity index (χ2n) is 7.12. The van der Waals surface area contributed by atoms with E-state index in [9.17, 15) is 14.0 Å². The molecule has 0 aliphatic carbocycles. The second kappa shape index (κ2) is 9.83. The fourth-order valence-corrected chi connectivity index (χ4v) is 3.08. The van der Waals surface area contributed by atoms with Crippen molar-refractivity contribution in [1.29, 1.82) is 5.26 Å². The molecule has 2 aromatic heterocycles. The molecular formula is C23H23F2N7. The van der Waals surface area contributed by atoms with Gasteiger partial charge < -0.3 is 11.1 Å². The van der Waals surface area contributed by atoms with Crippen LogP contribution in [0.25, 0.3) is 11.2 Å². The molecule has 0 aliphatic rings. The van der Waals surface area contributed by atoms with Crippen molar-refractivity contribution < 1.29 is 8.78 Å². The van der Waals surface area contributed by atoms with E-state index in [2.05, 4.69) is 20.4 Å². The molecule has 0 unspecified atom stereocenters. The Morgan fingerprint density at radius 2 is 2.12 bits per heavy atom. The maximum atomic E-state index is 14.1. The molecule has 0 fully saturated rings. The first-order valence-corrected chi connectivity index (χ1v) is 9.97. The molecule has 0 atom stereocenters. The summed E-state index contributed by atoms with van der Waals surface area (Å²) in [7, 11) is 0. The third-order valence-electron chi connectivity index (χ3n) is 4.89. The number of hydrogen-bond acceptors (Lipinski definition) is 6. The SMILES string of the molecule is CC/C(C)=C(/C=C(\N=C(/C)C#N)NCc1ccc(F)cc1F)c1c(N)nn2cccnc12. The molecule has 7 nitrogen and oxygen atoms in total. The molecule has 0 amide bonds. The highest BCUT2D eigenvalue weighted by Gasteiger charge is 2.17. The van der Waals surface area contributed by atoms with Crippen LogP contribution in [-0.2, 0) is 6.54 Å². The van der Waals surface area contributed by atoms with E-state index in [4.69, 9.17) is 5.73 Å². The van der Waals surface area contributed by atoms with Crippen LogP contribution in [0.4, 0.5) is 14.6 Å². The van der Waals surface area contributed by atoms with Gasteiger partial charge in [-0.3, -0.25) is 0 Å². The summed E-state index contributed by atoms with van der Waals surface area (Å²) in [5, 5.41) is 16.6. The third-order valence-corrected chi connectivity index (χ3v) is 4.89. The Bertz CT molecular complexity index is 1280. The zero-order valence-corrected chi connectivity index (χ0v) is 18.0.